The average Bonchev–Trinajstić information content (AvgIpc) is 2.60. The van der Waals surface area contributed by atoms with Gasteiger partial charge in [-0.25, -0.2) is 0 Å². The van der Waals surface area contributed by atoms with Crippen LogP contribution < -0.4 is 4.74 Å². The highest BCUT2D eigenvalue weighted by molar-refractivity contribution is 6.32. The molecule has 1 aliphatic heterocycles. The minimum Gasteiger partial charge on any atom is -0.491 e. The number of nitrogens with zero attached hydrogens (tertiary/aromatic N) is 1. The van der Waals surface area contributed by atoms with Gasteiger partial charge in [0.2, 0.25) is 0 Å². The molecule has 1 aliphatic rings. The zero-order chi connectivity index (χ0) is 11.9. The van der Waals surface area contributed by atoms with Gasteiger partial charge in [0.15, 0.2) is 0 Å². The highest BCUT2D eigenvalue weighted by atomic mass is 35.5. The first kappa shape index (κ1) is 12.7. The van der Waals surface area contributed by atoms with Crippen molar-refractivity contribution in [2.24, 2.45) is 0 Å². The number of ether oxygens (including phenoxy) is 1. The molecule has 3 heteroatoms. The lowest BCUT2D eigenvalue weighted by atomic mass is 10.2. The van der Waals surface area contributed by atoms with E-state index in [1.54, 1.807) is 0 Å². The van der Waals surface area contributed by atoms with Gasteiger partial charge in [0.25, 0.3) is 0 Å². The van der Waals surface area contributed by atoms with Gasteiger partial charge in [-0.1, -0.05) is 36.6 Å². The maximum Gasteiger partial charge on any atom is 0.137 e. The lowest BCUT2D eigenvalue weighted by Crippen LogP contribution is -2.29. The second kappa shape index (κ2) is 6.87. The molecule has 0 radical (unpaired) electrons. The van der Waals surface area contributed by atoms with Crippen LogP contribution in [-0.4, -0.2) is 31.1 Å². The second-order valence-corrected chi connectivity index (χ2v) is 4.94. The van der Waals surface area contributed by atoms with E-state index in [9.17, 15) is 0 Å². The first-order valence-electron chi connectivity index (χ1n) is 6.46. The molecule has 1 fully saturated rings. The van der Waals surface area contributed by atoms with Gasteiger partial charge in [0, 0.05) is 6.54 Å². The standard InChI is InChI=1S/C14H20ClNO/c15-13-7-3-4-8-14(13)17-12-11-16-9-5-1-2-6-10-16/h3-4,7-8H,1-2,5-6,9-12H2. The summed E-state index contributed by atoms with van der Waals surface area (Å²) in [5.41, 5.74) is 0. The maximum absolute atomic E-state index is 6.03. The Balaban J connectivity index is 1.73. The van der Waals surface area contributed by atoms with Crippen LogP contribution in [0.3, 0.4) is 0 Å². The van der Waals surface area contributed by atoms with E-state index in [0.29, 0.717) is 5.02 Å². The summed E-state index contributed by atoms with van der Waals surface area (Å²) < 4.78 is 5.71. The summed E-state index contributed by atoms with van der Waals surface area (Å²) >= 11 is 6.03. The van der Waals surface area contributed by atoms with Gasteiger partial charge < -0.3 is 4.74 Å². The third-order valence-corrected chi connectivity index (χ3v) is 3.51. The molecule has 0 aromatic heterocycles. The molecular weight excluding hydrogens is 234 g/mol. The summed E-state index contributed by atoms with van der Waals surface area (Å²) in [5.74, 6) is 0.795. The summed E-state index contributed by atoms with van der Waals surface area (Å²) in [6.45, 7) is 4.16. The van der Waals surface area contributed by atoms with E-state index in [1.165, 1.54) is 38.8 Å². The van der Waals surface area contributed by atoms with Crippen molar-refractivity contribution in [2.45, 2.75) is 25.7 Å². The normalized spacial score (nSPS) is 17.7. The molecule has 2 rings (SSSR count). The molecule has 0 unspecified atom stereocenters. The summed E-state index contributed by atoms with van der Waals surface area (Å²) in [7, 11) is 0. The summed E-state index contributed by atoms with van der Waals surface area (Å²) in [6, 6.07) is 7.66. The fraction of sp³-hybridized carbons (Fsp3) is 0.571. The Labute approximate surface area is 109 Å². The molecule has 0 amide bonds. The smallest absolute Gasteiger partial charge is 0.137 e. The van der Waals surface area contributed by atoms with E-state index in [2.05, 4.69) is 4.90 Å². The summed E-state index contributed by atoms with van der Waals surface area (Å²) in [4.78, 5) is 2.49. The average molecular weight is 254 g/mol. The topological polar surface area (TPSA) is 12.5 Å². The van der Waals surface area contributed by atoms with Crippen molar-refractivity contribution in [3.05, 3.63) is 29.3 Å². The second-order valence-electron chi connectivity index (χ2n) is 4.53. The zero-order valence-electron chi connectivity index (χ0n) is 10.2. The zero-order valence-corrected chi connectivity index (χ0v) is 11.0. The molecule has 0 bridgehead atoms. The fourth-order valence-corrected chi connectivity index (χ4v) is 2.40. The van der Waals surface area contributed by atoms with Crippen molar-refractivity contribution < 1.29 is 4.74 Å². The number of hydrogen-bond acceptors (Lipinski definition) is 2. The predicted molar refractivity (Wildman–Crippen MR) is 71.9 cm³/mol. The van der Waals surface area contributed by atoms with E-state index >= 15 is 0 Å². The lowest BCUT2D eigenvalue weighted by molar-refractivity contribution is 0.214. The van der Waals surface area contributed by atoms with Crippen molar-refractivity contribution >= 4 is 11.6 Å². The molecule has 1 heterocycles. The molecule has 0 saturated carbocycles. The van der Waals surface area contributed by atoms with Gasteiger partial charge in [0.1, 0.15) is 12.4 Å². The molecule has 2 nitrogen and oxygen atoms in total. The van der Waals surface area contributed by atoms with Crippen LogP contribution in [0.1, 0.15) is 25.7 Å². The largest absolute Gasteiger partial charge is 0.491 e. The molecule has 0 spiro atoms. The van der Waals surface area contributed by atoms with Crippen molar-refractivity contribution in [2.75, 3.05) is 26.2 Å². The van der Waals surface area contributed by atoms with Gasteiger partial charge in [-0.2, -0.15) is 0 Å². The molecule has 94 valence electrons. The summed E-state index contributed by atoms with van der Waals surface area (Å²) in [6.07, 6.45) is 5.40. The molecule has 1 aromatic carbocycles. The van der Waals surface area contributed by atoms with Crippen molar-refractivity contribution in [3.63, 3.8) is 0 Å². The van der Waals surface area contributed by atoms with E-state index in [0.717, 1.165) is 18.9 Å². The number of rotatable bonds is 4. The van der Waals surface area contributed by atoms with Gasteiger partial charge >= 0.3 is 0 Å². The first-order valence-corrected chi connectivity index (χ1v) is 6.84. The SMILES string of the molecule is Clc1ccccc1OCCN1CCCCCC1. The van der Waals surface area contributed by atoms with E-state index in [-0.39, 0.29) is 0 Å². The van der Waals surface area contributed by atoms with Gasteiger partial charge in [-0.15, -0.1) is 0 Å². The third kappa shape index (κ3) is 4.21. The Morgan fingerprint density at radius 2 is 1.76 bits per heavy atom. The lowest BCUT2D eigenvalue weighted by Gasteiger charge is -2.19. The minimum atomic E-state index is 0.698. The Morgan fingerprint density at radius 1 is 1.06 bits per heavy atom. The Hall–Kier alpha value is -0.730. The van der Waals surface area contributed by atoms with Crippen LogP contribution in [0.2, 0.25) is 5.02 Å². The van der Waals surface area contributed by atoms with Gasteiger partial charge in [-0.05, 0) is 38.1 Å². The molecule has 17 heavy (non-hydrogen) atoms. The Morgan fingerprint density at radius 3 is 2.47 bits per heavy atom. The molecule has 0 N–H and O–H groups in total. The van der Waals surface area contributed by atoms with Crippen LogP contribution in [0, 0.1) is 0 Å². The highest BCUT2D eigenvalue weighted by Gasteiger charge is 2.08. The van der Waals surface area contributed by atoms with Crippen LogP contribution in [0.25, 0.3) is 0 Å². The number of benzene rings is 1. The number of halogens is 1. The van der Waals surface area contributed by atoms with Crippen molar-refractivity contribution in [3.8, 4) is 5.75 Å². The van der Waals surface area contributed by atoms with Crippen molar-refractivity contribution in [1.82, 2.24) is 4.90 Å². The highest BCUT2D eigenvalue weighted by Crippen LogP contribution is 2.22. The maximum atomic E-state index is 6.03. The number of para-hydroxylation sites is 1. The van der Waals surface area contributed by atoms with Crippen LogP contribution in [0.15, 0.2) is 24.3 Å². The fourth-order valence-electron chi connectivity index (χ4n) is 2.21. The monoisotopic (exact) mass is 253 g/mol. The molecule has 0 aliphatic carbocycles. The van der Waals surface area contributed by atoms with Crippen LogP contribution in [0.4, 0.5) is 0 Å². The molecule has 1 aromatic rings. The van der Waals surface area contributed by atoms with Gasteiger partial charge in [0.05, 0.1) is 5.02 Å². The number of hydrogen-bond donors (Lipinski definition) is 0. The molecular formula is C14H20ClNO. The quantitative estimate of drug-likeness (QED) is 0.813. The Bertz CT molecular complexity index is 335. The Kier molecular flexibility index (Phi) is 5.14. The third-order valence-electron chi connectivity index (χ3n) is 3.20. The first-order chi connectivity index (χ1) is 8.36. The van der Waals surface area contributed by atoms with Crippen LogP contribution >= 0.6 is 11.6 Å². The van der Waals surface area contributed by atoms with Gasteiger partial charge in [-0.3, -0.25) is 4.90 Å². The van der Waals surface area contributed by atoms with E-state index < -0.39 is 0 Å². The molecule has 0 atom stereocenters. The minimum absolute atomic E-state index is 0.698. The predicted octanol–water partition coefficient (Wildman–Crippen LogP) is 3.59. The van der Waals surface area contributed by atoms with E-state index in [1.807, 2.05) is 24.3 Å². The molecule has 1 saturated heterocycles. The number of likely N-dealkylation sites (tertiary alicyclic amines) is 1. The van der Waals surface area contributed by atoms with Crippen LogP contribution in [0.5, 0.6) is 5.75 Å². The van der Waals surface area contributed by atoms with Crippen molar-refractivity contribution in [1.29, 1.82) is 0 Å². The van der Waals surface area contributed by atoms with Crippen LogP contribution in [-0.2, 0) is 0 Å². The summed E-state index contributed by atoms with van der Waals surface area (Å²) in [5, 5.41) is 0.698. The van der Waals surface area contributed by atoms with E-state index in [4.69, 9.17) is 16.3 Å².